The molecule has 2 aromatic rings. The Kier molecular flexibility index (Phi) is 11.3. The molecule has 2 rings (SSSR count). The average Bonchev–Trinajstić information content (AvgIpc) is 3.17. The summed E-state index contributed by atoms with van der Waals surface area (Å²) < 4.78 is 6.08. The van der Waals surface area contributed by atoms with Gasteiger partial charge in [-0.2, -0.15) is 0 Å². The zero-order valence-corrected chi connectivity index (χ0v) is 17.4. The molecule has 28 heavy (non-hydrogen) atoms. The highest BCUT2D eigenvalue weighted by molar-refractivity contribution is 7.10. The van der Waals surface area contributed by atoms with Gasteiger partial charge >= 0.3 is 11.9 Å². The molecule has 0 aliphatic heterocycles. The van der Waals surface area contributed by atoms with E-state index >= 15 is 0 Å². The number of ether oxygens (including phenoxy) is 1. The predicted octanol–water partition coefficient (Wildman–Crippen LogP) is 4.89. The second-order valence-electron chi connectivity index (χ2n) is 5.45. The second-order valence-corrected chi connectivity index (χ2v) is 7.28. The number of thiophene rings is 1. The first kappa shape index (κ1) is 24.0. The number of hydrogen-bond donors (Lipinski definition) is 3. The fraction of sp³-hybridized carbons (Fsp3) is 0.263. The highest BCUT2D eigenvalue weighted by atomic mass is 35.5. The van der Waals surface area contributed by atoms with Crippen molar-refractivity contribution < 1.29 is 24.5 Å². The Balaban J connectivity index is 0.000000416. The fourth-order valence-electron chi connectivity index (χ4n) is 2.06. The van der Waals surface area contributed by atoms with Crippen LogP contribution in [0, 0.1) is 0 Å². The summed E-state index contributed by atoms with van der Waals surface area (Å²) >= 11 is 13.9. The van der Waals surface area contributed by atoms with E-state index < -0.39 is 11.9 Å². The van der Waals surface area contributed by atoms with Gasteiger partial charge in [0.1, 0.15) is 11.9 Å². The van der Waals surface area contributed by atoms with Crippen molar-refractivity contribution in [3.05, 3.63) is 62.8 Å². The largest absolute Gasteiger partial charge is 0.483 e. The normalized spacial score (nSPS) is 11.5. The zero-order valence-electron chi connectivity index (χ0n) is 15.1. The average molecular weight is 446 g/mol. The van der Waals surface area contributed by atoms with Gasteiger partial charge in [0, 0.05) is 28.1 Å². The summed E-state index contributed by atoms with van der Waals surface area (Å²) in [5.41, 5.74) is 0. The molecule has 1 aromatic heterocycles. The molecule has 1 heterocycles. The topological polar surface area (TPSA) is 95.9 Å². The van der Waals surface area contributed by atoms with Crippen molar-refractivity contribution in [1.29, 1.82) is 0 Å². The van der Waals surface area contributed by atoms with Gasteiger partial charge in [0.05, 0.1) is 5.02 Å². The number of carboxylic acids is 2. The van der Waals surface area contributed by atoms with Gasteiger partial charge in [0.25, 0.3) is 0 Å². The number of rotatable bonds is 9. The summed E-state index contributed by atoms with van der Waals surface area (Å²) in [7, 11) is 1.95. The molecule has 9 heteroatoms. The smallest absolute Gasteiger partial charge is 0.328 e. The minimum absolute atomic E-state index is 0.0133. The molecular formula is C19H21Cl2NO5S. The SMILES string of the molecule is CNCCCC(Oc1cc(Cl)ccc1Cl)c1cccs1.O=C(O)C=CC(=O)O. The molecule has 0 aliphatic rings. The molecule has 0 bridgehead atoms. The van der Waals surface area contributed by atoms with Gasteiger partial charge in [-0.25, -0.2) is 9.59 Å². The maximum atomic E-state index is 9.55. The number of nitrogens with one attached hydrogen (secondary N) is 1. The summed E-state index contributed by atoms with van der Waals surface area (Å²) in [6, 6.07) is 9.42. The van der Waals surface area contributed by atoms with E-state index in [1.165, 1.54) is 4.88 Å². The molecular weight excluding hydrogens is 425 g/mol. The van der Waals surface area contributed by atoms with Crippen LogP contribution in [0.15, 0.2) is 47.9 Å². The number of aliphatic carboxylic acids is 2. The van der Waals surface area contributed by atoms with Crippen molar-refractivity contribution in [3.63, 3.8) is 0 Å². The van der Waals surface area contributed by atoms with Crippen LogP contribution in [-0.4, -0.2) is 35.7 Å². The van der Waals surface area contributed by atoms with Crippen LogP contribution in [0.25, 0.3) is 0 Å². The molecule has 6 nitrogen and oxygen atoms in total. The van der Waals surface area contributed by atoms with Gasteiger partial charge in [-0.3, -0.25) is 0 Å². The highest BCUT2D eigenvalue weighted by Gasteiger charge is 2.16. The van der Waals surface area contributed by atoms with Gasteiger partial charge in [0.2, 0.25) is 0 Å². The molecule has 0 aliphatic carbocycles. The lowest BCUT2D eigenvalue weighted by atomic mass is 10.1. The van der Waals surface area contributed by atoms with E-state index in [9.17, 15) is 9.59 Å². The standard InChI is InChI=1S/C15H17Cl2NOS.C4H4O4/c1-18-8-2-4-13(15-5-3-9-20-15)19-14-10-11(16)6-7-12(14)17;5-3(6)1-2-4(7)8/h3,5-7,9-10,13,18H,2,4,8H2,1H3;1-2H,(H,5,6)(H,7,8). The van der Waals surface area contributed by atoms with E-state index in [-0.39, 0.29) is 6.10 Å². The Hall–Kier alpha value is -2.06. The third kappa shape index (κ3) is 9.75. The Bertz CT molecular complexity index is 765. The minimum atomic E-state index is -1.26. The van der Waals surface area contributed by atoms with Crippen LogP contribution in [0.4, 0.5) is 0 Å². The molecule has 0 saturated carbocycles. The third-order valence-corrected chi connectivity index (χ3v) is 4.80. The van der Waals surface area contributed by atoms with E-state index in [0.717, 1.165) is 19.4 Å². The molecule has 152 valence electrons. The molecule has 0 fully saturated rings. The summed E-state index contributed by atoms with van der Waals surface area (Å²) in [6.07, 6.45) is 3.10. The van der Waals surface area contributed by atoms with Crippen molar-refractivity contribution in [1.82, 2.24) is 5.32 Å². The van der Waals surface area contributed by atoms with E-state index in [2.05, 4.69) is 16.8 Å². The lowest BCUT2D eigenvalue weighted by Gasteiger charge is -2.19. The van der Waals surface area contributed by atoms with E-state index in [1.807, 2.05) is 13.1 Å². The summed E-state index contributed by atoms with van der Waals surface area (Å²) in [5, 5.41) is 22.1. The molecule has 1 unspecified atom stereocenters. The number of carbonyl (C=O) groups is 2. The first-order valence-corrected chi connectivity index (χ1v) is 9.90. The summed E-state index contributed by atoms with van der Waals surface area (Å²) in [4.78, 5) is 20.3. The van der Waals surface area contributed by atoms with Crippen LogP contribution in [-0.2, 0) is 9.59 Å². The van der Waals surface area contributed by atoms with Crippen molar-refractivity contribution in [2.24, 2.45) is 0 Å². The summed E-state index contributed by atoms with van der Waals surface area (Å²) in [5.74, 6) is -1.87. The van der Waals surface area contributed by atoms with Crippen LogP contribution in [0.3, 0.4) is 0 Å². The Morgan fingerprint density at radius 3 is 2.43 bits per heavy atom. The van der Waals surface area contributed by atoms with Crippen LogP contribution >= 0.6 is 34.5 Å². The maximum Gasteiger partial charge on any atom is 0.328 e. The lowest BCUT2D eigenvalue weighted by molar-refractivity contribution is -0.134. The molecule has 0 amide bonds. The predicted molar refractivity (Wildman–Crippen MR) is 112 cm³/mol. The van der Waals surface area contributed by atoms with Crippen molar-refractivity contribution in [2.45, 2.75) is 18.9 Å². The molecule has 0 spiro atoms. The number of hydrogen-bond acceptors (Lipinski definition) is 5. The van der Waals surface area contributed by atoms with E-state index in [4.69, 9.17) is 38.2 Å². The van der Waals surface area contributed by atoms with Gasteiger partial charge < -0.3 is 20.3 Å². The first-order chi connectivity index (χ1) is 13.3. The number of benzene rings is 1. The highest BCUT2D eigenvalue weighted by Crippen LogP contribution is 2.34. The second kappa shape index (κ2) is 13.2. The Morgan fingerprint density at radius 2 is 1.89 bits per heavy atom. The number of carboxylic acid groups (broad SMARTS) is 2. The molecule has 0 radical (unpaired) electrons. The summed E-state index contributed by atoms with van der Waals surface area (Å²) in [6.45, 7) is 0.967. The maximum absolute atomic E-state index is 9.55. The molecule has 1 aromatic carbocycles. The van der Waals surface area contributed by atoms with E-state index in [0.29, 0.717) is 27.9 Å². The van der Waals surface area contributed by atoms with Gasteiger partial charge in [0.15, 0.2) is 0 Å². The van der Waals surface area contributed by atoms with Crippen molar-refractivity contribution >= 4 is 46.5 Å². The lowest BCUT2D eigenvalue weighted by Crippen LogP contribution is -2.12. The monoisotopic (exact) mass is 445 g/mol. The quantitative estimate of drug-likeness (QED) is 0.375. The van der Waals surface area contributed by atoms with E-state index in [1.54, 1.807) is 29.5 Å². The molecule has 1 atom stereocenters. The first-order valence-electron chi connectivity index (χ1n) is 8.27. The molecule has 0 saturated heterocycles. The minimum Gasteiger partial charge on any atom is -0.483 e. The Labute approximate surface area is 177 Å². The van der Waals surface area contributed by atoms with Gasteiger partial charge in [-0.15, -0.1) is 11.3 Å². The van der Waals surface area contributed by atoms with Crippen molar-refractivity contribution in [3.8, 4) is 5.75 Å². The van der Waals surface area contributed by atoms with Crippen LogP contribution < -0.4 is 10.1 Å². The van der Waals surface area contributed by atoms with Crippen LogP contribution in [0.5, 0.6) is 5.75 Å². The zero-order chi connectivity index (χ0) is 20.9. The fourth-order valence-corrected chi connectivity index (χ4v) is 3.17. The van der Waals surface area contributed by atoms with Gasteiger partial charge in [-0.05, 0) is 50.0 Å². The van der Waals surface area contributed by atoms with Gasteiger partial charge in [-0.1, -0.05) is 29.3 Å². The Morgan fingerprint density at radius 1 is 1.21 bits per heavy atom. The molecule has 3 N–H and O–H groups in total. The van der Waals surface area contributed by atoms with Crippen LogP contribution in [0.2, 0.25) is 10.0 Å². The van der Waals surface area contributed by atoms with Crippen LogP contribution in [0.1, 0.15) is 23.8 Å². The third-order valence-electron chi connectivity index (χ3n) is 3.28. The van der Waals surface area contributed by atoms with Crippen molar-refractivity contribution in [2.75, 3.05) is 13.6 Å². The number of halogens is 2.